The topological polar surface area (TPSA) is 75.7 Å². The number of oxime groups is 1. The highest BCUT2D eigenvalue weighted by Crippen LogP contribution is 1.76. The summed E-state index contributed by atoms with van der Waals surface area (Å²) in [6.45, 7) is 0. The Balaban J connectivity index is 3.82. The molecular weight excluding hydrogens is 119 g/mol. The van der Waals surface area contributed by atoms with Gasteiger partial charge in [-0.25, -0.2) is 0 Å². The fraction of sp³-hybridized carbons (Fsp3) is 0. The molecule has 0 atom stereocenters. The molecule has 0 aliphatic carbocycles. The molecule has 4 nitrogen and oxygen atoms in total. The molecule has 0 rings (SSSR count). The molecule has 0 saturated heterocycles. The van der Waals surface area contributed by atoms with Crippen LogP contribution >= 0.6 is 11.6 Å². The van der Waals surface area contributed by atoms with Gasteiger partial charge in [-0.1, -0.05) is 5.16 Å². The van der Waals surface area contributed by atoms with Gasteiger partial charge in [0.25, 0.3) is 5.24 Å². The fourth-order valence-electron chi connectivity index (χ4n) is 0.0393. The zero-order chi connectivity index (χ0) is 5.86. The van der Waals surface area contributed by atoms with Crippen LogP contribution in [0.15, 0.2) is 5.16 Å². The van der Waals surface area contributed by atoms with Crippen molar-refractivity contribution in [1.29, 1.82) is 0 Å². The molecule has 0 radical (unpaired) electrons. The third-order valence-electron chi connectivity index (χ3n) is 0.309. The Morgan fingerprint density at radius 1 is 1.86 bits per heavy atom. The van der Waals surface area contributed by atoms with Gasteiger partial charge in [0.15, 0.2) is 0 Å². The number of nitrogens with zero attached hydrogens (tertiary/aromatic N) is 1. The van der Waals surface area contributed by atoms with E-state index >= 15 is 0 Å². The van der Waals surface area contributed by atoms with E-state index in [2.05, 4.69) is 22.5 Å². The first-order valence-corrected chi connectivity index (χ1v) is 1.73. The number of carbonyl (C=O) groups excluding carboxylic acids is 1. The largest absolute Gasteiger partial charge is 0.409 e. The van der Waals surface area contributed by atoms with E-state index in [0.29, 0.717) is 0 Å². The van der Waals surface area contributed by atoms with Crippen LogP contribution in [0.5, 0.6) is 0 Å². The molecule has 0 saturated carbocycles. The van der Waals surface area contributed by atoms with Gasteiger partial charge in [-0.2, -0.15) is 0 Å². The first kappa shape index (κ1) is 6.23. The highest BCUT2D eigenvalue weighted by atomic mass is 35.5. The molecule has 0 bridgehead atoms. The Morgan fingerprint density at radius 3 is 2.29 bits per heavy atom. The highest BCUT2D eigenvalue weighted by Gasteiger charge is 1.98. The lowest BCUT2D eigenvalue weighted by Crippen LogP contribution is -2.18. The summed E-state index contributed by atoms with van der Waals surface area (Å²) in [5.41, 5.74) is 4.63. The van der Waals surface area contributed by atoms with Crippen molar-refractivity contribution < 1.29 is 10.0 Å². The van der Waals surface area contributed by atoms with Gasteiger partial charge < -0.3 is 10.9 Å². The van der Waals surface area contributed by atoms with Crippen molar-refractivity contribution in [2.45, 2.75) is 0 Å². The lowest BCUT2D eigenvalue weighted by atomic mass is 10.7. The zero-order valence-corrected chi connectivity index (χ0v) is 4.01. The minimum Gasteiger partial charge on any atom is -0.409 e. The maximum absolute atomic E-state index is 9.72. The van der Waals surface area contributed by atoms with Crippen LogP contribution in [-0.4, -0.2) is 16.3 Å². The molecule has 0 aromatic heterocycles. The molecule has 5 heteroatoms. The maximum Gasteiger partial charge on any atom is 0.290 e. The van der Waals surface area contributed by atoms with Crippen LogP contribution in [0.4, 0.5) is 0 Å². The highest BCUT2D eigenvalue weighted by molar-refractivity contribution is 6.81. The standard InChI is InChI=1S/C2H3ClN2O2/c3-1(6)2(4)5-7/h7H,(H2,4,5). The second-order valence-corrected chi connectivity index (χ2v) is 1.10. The molecule has 7 heavy (non-hydrogen) atoms. The molecule has 0 aliphatic rings. The average molecular weight is 123 g/mol. The van der Waals surface area contributed by atoms with Gasteiger partial charge in [0.1, 0.15) is 0 Å². The zero-order valence-electron chi connectivity index (χ0n) is 3.26. The van der Waals surface area contributed by atoms with Crippen LogP contribution in [0, 0.1) is 0 Å². The molecule has 3 N–H and O–H groups in total. The van der Waals surface area contributed by atoms with Crippen molar-refractivity contribution in [3.63, 3.8) is 0 Å². The molecule has 0 aromatic carbocycles. The van der Waals surface area contributed by atoms with Gasteiger partial charge in [0, 0.05) is 0 Å². The van der Waals surface area contributed by atoms with Crippen LogP contribution in [0.2, 0.25) is 0 Å². The average Bonchev–Trinajstić information content (AvgIpc) is 1.65. The first-order chi connectivity index (χ1) is 3.18. The summed E-state index contributed by atoms with van der Waals surface area (Å²) >= 11 is 4.67. The smallest absolute Gasteiger partial charge is 0.290 e. The summed E-state index contributed by atoms with van der Waals surface area (Å²) in [4.78, 5) is 9.72. The molecule has 0 aromatic rings. The van der Waals surface area contributed by atoms with Crippen LogP contribution in [0.1, 0.15) is 0 Å². The van der Waals surface area contributed by atoms with E-state index in [1.807, 2.05) is 0 Å². The second kappa shape index (κ2) is 2.41. The number of nitrogens with two attached hydrogens (primary N) is 1. The molecule has 0 spiro atoms. The van der Waals surface area contributed by atoms with Crippen LogP contribution in [0.3, 0.4) is 0 Å². The maximum atomic E-state index is 9.72. The fourth-order valence-corrected chi connectivity index (χ4v) is 0.0771. The first-order valence-electron chi connectivity index (χ1n) is 1.36. The Hall–Kier alpha value is -0.770. The monoisotopic (exact) mass is 122 g/mol. The van der Waals surface area contributed by atoms with Gasteiger partial charge in [0.2, 0.25) is 5.84 Å². The molecule has 0 fully saturated rings. The summed E-state index contributed by atoms with van der Waals surface area (Å²) in [7, 11) is 0. The van der Waals surface area contributed by atoms with E-state index in [1.54, 1.807) is 0 Å². The van der Waals surface area contributed by atoms with Gasteiger partial charge in [-0.05, 0) is 11.6 Å². The molecule has 40 valence electrons. The van der Waals surface area contributed by atoms with Gasteiger partial charge in [0.05, 0.1) is 0 Å². The summed E-state index contributed by atoms with van der Waals surface area (Å²) in [6.07, 6.45) is 0. The van der Waals surface area contributed by atoms with Crippen LogP contribution in [0.25, 0.3) is 0 Å². The minimum absolute atomic E-state index is 0.596. The molecule has 0 unspecified atom stereocenters. The van der Waals surface area contributed by atoms with Gasteiger partial charge in [-0.3, -0.25) is 4.79 Å². The predicted octanol–water partition coefficient (Wildman–Crippen LogP) is -0.502. The molecule has 0 heterocycles. The van der Waals surface area contributed by atoms with E-state index in [-0.39, 0.29) is 0 Å². The molecular formula is C2H3ClN2O2. The van der Waals surface area contributed by atoms with Crippen molar-refractivity contribution in [2.75, 3.05) is 0 Å². The van der Waals surface area contributed by atoms with Gasteiger partial charge >= 0.3 is 0 Å². The number of hydrogen-bond acceptors (Lipinski definition) is 3. The Bertz CT molecular complexity index is 110. The van der Waals surface area contributed by atoms with E-state index in [4.69, 9.17) is 5.21 Å². The minimum atomic E-state index is -0.956. The Labute approximate surface area is 44.6 Å². The summed E-state index contributed by atoms with van der Waals surface area (Å²) in [6, 6.07) is 0. The summed E-state index contributed by atoms with van der Waals surface area (Å²) < 4.78 is 0. The summed E-state index contributed by atoms with van der Waals surface area (Å²) in [5.74, 6) is -0.596. The Morgan fingerprint density at radius 2 is 2.29 bits per heavy atom. The van der Waals surface area contributed by atoms with E-state index in [1.165, 1.54) is 0 Å². The van der Waals surface area contributed by atoms with Crippen molar-refractivity contribution in [3.8, 4) is 0 Å². The number of rotatable bonds is 1. The third-order valence-corrected chi connectivity index (χ3v) is 0.503. The van der Waals surface area contributed by atoms with Crippen molar-refractivity contribution in [3.05, 3.63) is 0 Å². The SMILES string of the molecule is N/C(=N\O)C(=O)Cl. The molecule has 0 amide bonds. The number of halogens is 1. The van der Waals surface area contributed by atoms with Crippen LogP contribution < -0.4 is 5.73 Å². The van der Waals surface area contributed by atoms with E-state index in [0.717, 1.165) is 0 Å². The number of carbonyl (C=O) groups is 1. The number of amidine groups is 1. The third kappa shape index (κ3) is 1.99. The number of hydrogen-bond donors (Lipinski definition) is 2. The Kier molecular flexibility index (Phi) is 2.15. The lowest BCUT2D eigenvalue weighted by Gasteiger charge is -1.80. The lowest BCUT2D eigenvalue weighted by molar-refractivity contribution is -0.106. The second-order valence-electron chi connectivity index (χ2n) is 0.759. The summed E-state index contributed by atoms with van der Waals surface area (Å²) in [5, 5.41) is 9.01. The van der Waals surface area contributed by atoms with Gasteiger partial charge in [-0.15, -0.1) is 0 Å². The normalized spacial score (nSPS) is 11.3. The molecule has 0 aliphatic heterocycles. The van der Waals surface area contributed by atoms with Crippen molar-refractivity contribution >= 4 is 22.7 Å². The van der Waals surface area contributed by atoms with Crippen molar-refractivity contribution in [1.82, 2.24) is 0 Å². The quantitative estimate of drug-likeness (QED) is 0.162. The predicted molar refractivity (Wildman–Crippen MR) is 24.3 cm³/mol. The van der Waals surface area contributed by atoms with E-state index < -0.39 is 11.1 Å². The van der Waals surface area contributed by atoms with E-state index in [9.17, 15) is 4.79 Å². The van der Waals surface area contributed by atoms with Crippen LogP contribution in [-0.2, 0) is 4.79 Å². The van der Waals surface area contributed by atoms with Crippen molar-refractivity contribution in [2.24, 2.45) is 10.9 Å².